The molecule has 0 radical (unpaired) electrons. The summed E-state index contributed by atoms with van der Waals surface area (Å²) in [4.78, 5) is 16.1. The third-order valence-electron chi connectivity index (χ3n) is 2.76. The summed E-state index contributed by atoms with van der Waals surface area (Å²) in [5.41, 5.74) is 5.55. The Balaban J connectivity index is 2.50. The van der Waals surface area contributed by atoms with E-state index >= 15 is 0 Å². The SMILES string of the molecule is CCC1(c2ccc(Br)cc2)N=C(N)NC1=O. The zero-order valence-electron chi connectivity index (χ0n) is 8.83. The van der Waals surface area contributed by atoms with E-state index in [4.69, 9.17) is 5.73 Å². The van der Waals surface area contributed by atoms with E-state index in [1.165, 1.54) is 0 Å². The van der Waals surface area contributed by atoms with Gasteiger partial charge in [-0.2, -0.15) is 0 Å². The van der Waals surface area contributed by atoms with E-state index in [0.717, 1.165) is 10.0 Å². The van der Waals surface area contributed by atoms with E-state index in [-0.39, 0.29) is 11.9 Å². The van der Waals surface area contributed by atoms with Gasteiger partial charge in [0.05, 0.1) is 0 Å². The molecule has 0 saturated carbocycles. The van der Waals surface area contributed by atoms with Gasteiger partial charge >= 0.3 is 0 Å². The van der Waals surface area contributed by atoms with Crippen LogP contribution in [0.4, 0.5) is 0 Å². The third kappa shape index (κ3) is 1.61. The monoisotopic (exact) mass is 281 g/mol. The second-order valence-electron chi connectivity index (χ2n) is 3.67. The molecule has 1 atom stereocenters. The van der Waals surface area contributed by atoms with Crippen LogP contribution >= 0.6 is 15.9 Å². The molecule has 84 valence electrons. The number of nitrogens with zero attached hydrogens (tertiary/aromatic N) is 1. The molecule has 1 aliphatic rings. The zero-order valence-corrected chi connectivity index (χ0v) is 10.4. The number of halogens is 1. The maximum atomic E-state index is 11.9. The summed E-state index contributed by atoms with van der Waals surface area (Å²) in [6, 6.07) is 7.55. The minimum absolute atomic E-state index is 0.158. The van der Waals surface area contributed by atoms with Gasteiger partial charge in [0, 0.05) is 4.47 Å². The highest BCUT2D eigenvalue weighted by atomic mass is 79.9. The smallest absolute Gasteiger partial charge is 0.259 e. The van der Waals surface area contributed by atoms with Crippen LogP contribution in [-0.2, 0) is 10.3 Å². The predicted octanol–water partition coefficient (Wildman–Crippen LogP) is 1.50. The molecule has 2 rings (SSSR count). The molecule has 0 spiro atoms. The number of carbonyl (C=O) groups excluding carboxylic acids is 1. The summed E-state index contributed by atoms with van der Waals surface area (Å²) >= 11 is 3.36. The van der Waals surface area contributed by atoms with Crippen LogP contribution in [-0.4, -0.2) is 11.9 Å². The lowest BCUT2D eigenvalue weighted by molar-refractivity contribution is -0.124. The van der Waals surface area contributed by atoms with Crippen LogP contribution in [0.3, 0.4) is 0 Å². The van der Waals surface area contributed by atoms with Crippen molar-refractivity contribution < 1.29 is 4.79 Å². The van der Waals surface area contributed by atoms with Gasteiger partial charge < -0.3 is 5.73 Å². The number of guanidine groups is 1. The number of benzene rings is 1. The molecule has 16 heavy (non-hydrogen) atoms. The number of nitrogens with two attached hydrogens (primary N) is 1. The number of hydrogen-bond acceptors (Lipinski definition) is 3. The lowest BCUT2D eigenvalue weighted by atomic mass is 9.88. The van der Waals surface area contributed by atoms with E-state index in [1.54, 1.807) is 0 Å². The number of aliphatic imine (C=N–C) groups is 1. The minimum atomic E-state index is -0.856. The molecule has 0 aliphatic carbocycles. The lowest BCUT2D eigenvalue weighted by Crippen LogP contribution is -2.38. The summed E-state index contributed by atoms with van der Waals surface area (Å²) in [7, 11) is 0. The van der Waals surface area contributed by atoms with E-state index < -0.39 is 5.54 Å². The molecule has 3 N–H and O–H groups in total. The van der Waals surface area contributed by atoms with E-state index in [2.05, 4.69) is 26.2 Å². The fraction of sp³-hybridized carbons (Fsp3) is 0.273. The largest absolute Gasteiger partial charge is 0.370 e. The van der Waals surface area contributed by atoms with Crippen molar-refractivity contribution in [3.63, 3.8) is 0 Å². The maximum absolute atomic E-state index is 11.9. The average Bonchev–Trinajstić information content (AvgIpc) is 2.55. The van der Waals surface area contributed by atoms with Gasteiger partial charge in [-0.1, -0.05) is 35.0 Å². The van der Waals surface area contributed by atoms with Gasteiger partial charge in [-0.15, -0.1) is 0 Å². The van der Waals surface area contributed by atoms with E-state index in [1.807, 2.05) is 31.2 Å². The number of nitrogens with one attached hydrogen (secondary N) is 1. The first kappa shape index (κ1) is 11.1. The Morgan fingerprint density at radius 1 is 1.44 bits per heavy atom. The molecular weight excluding hydrogens is 270 g/mol. The van der Waals surface area contributed by atoms with Crippen molar-refractivity contribution in [2.24, 2.45) is 10.7 Å². The quantitative estimate of drug-likeness (QED) is 0.863. The summed E-state index contributed by atoms with van der Waals surface area (Å²) in [6.07, 6.45) is 0.584. The predicted molar refractivity (Wildman–Crippen MR) is 65.9 cm³/mol. The first-order chi connectivity index (χ1) is 7.58. The van der Waals surface area contributed by atoms with Crippen molar-refractivity contribution in [2.75, 3.05) is 0 Å². The molecule has 0 fully saturated rings. The summed E-state index contributed by atoms with van der Waals surface area (Å²) in [5.74, 6) is 0.0320. The van der Waals surface area contributed by atoms with Crippen LogP contribution < -0.4 is 11.1 Å². The minimum Gasteiger partial charge on any atom is -0.370 e. The number of amides is 1. The summed E-state index contributed by atoms with van der Waals surface area (Å²) in [6.45, 7) is 1.92. The van der Waals surface area contributed by atoms with Gasteiger partial charge in [0.25, 0.3) is 5.91 Å². The second-order valence-corrected chi connectivity index (χ2v) is 4.59. The third-order valence-corrected chi connectivity index (χ3v) is 3.29. The Morgan fingerprint density at radius 3 is 2.50 bits per heavy atom. The van der Waals surface area contributed by atoms with Gasteiger partial charge in [0.2, 0.25) is 0 Å². The van der Waals surface area contributed by atoms with Crippen LogP contribution in [0.1, 0.15) is 18.9 Å². The second kappa shape index (κ2) is 3.90. The molecule has 1 unspecified atom stereocenters. The van der Waals surface area contributed by atoms with E-state index in [0.29, 0.717) is 6.42 Å². The van der Waals surface area contributed by atoms with Crippen LogP contribution in [0.15, 0.2) is 33.7 Å². The molecule has 1 aliphatic heterocycles. The van der Waals surface area contributed by atoms with Crippen LogP contribution in [0.2, 0.25) is 0 Å². The van der Waals surface area contributed by atoms with E-state index in [9.17, 15) is 4.79 Å². The fourth-order valence-electron chi connectivity index (χ4n) is 1.87. The molecule has 5 heteroatoms. The zero-order chi connectivity index (χ0) is 11.8. The average molecular weight is 282 g/mol. The molecular formula is C11H12BrN3O. The van der Waals surface area contributed by atoms with Crippen LogP contribution in [0.5, 0.6) is 0 Å². The normalized spacial score (nSPS) is 24.1. The molecule has 4 nitrogen and oxygen atoms in total. The van der Waals surface area contributed by atoms with Crippen molar-refractivity contribution in [1.82, 2.24) is 5.32 Å². The van der Waals surface area contributed by atoms with Gasteiger partial charge in [0.15, 0.2) is 11.5 Å². The Morgan fingerprint density at radius 2 is 2.06 bits per heavy atom. The van der Waals surface area contributed by atoms with Gasteiger partial charge in [-0.3, -0.25) is 10.1 Å². The van der Waals surface area contributed by atoms with Crippen molar-refractivity contribution in [3.05, 3.63) is 34.3 Å². The van der Waals surface area contributed by atoms with Crippen LogP contribution in [0.25, 0.3) is 0 Å². The Hall–Kier alpha value is -1.36. The first-order valence-electron chi connectivity index (χ1n) is 5.01. The van der Waals surface area contributed by atoms with Crippen molar-refractivity contribution in [2.45, 2.75) is 18.9 Å². The lowest BCUT2D eigenvalue weighted by Gasteiger charge is -2.21. The number of hydrogen-bond donors (Lipinski definition) is 2. The number of carbonyl (C=O) groups is 1. The molecule has 0 aromatic heterocycles. The van der Waals surface area contributed by atoms with Crippen molar-refractivity contribution in [3.8, 4) is 0 Å². The first-order valence-corrected chi connectivity index (χ1v) is 5.80. The number of rotatable bonds is 2. The molecule has 1 aromatic carbocycles. The molecule has 1 heterocycles. The molecule has 0 saturated heterocycles. The molecule has 1 aromatic rings. The van der Waals surface area contributed by atoms with Gasteiger partial charge in [-0.05, 0) is 24.1 Å². The highest BCUT2D eigenvalue weighted by molar-refractivity contribution is 9.10. The highest BCUT2D eigenvalue weighted by Gasteiger charge is 2.43. The summed E-state index contributed by atoms with van der Waals surface area (Å²) < 4.78 is 0.970. The standard InChI is InChI=1S/C11H12BrN3O/c1-2-11(9(16)14-10(13)15-11)7-3-5-8(12)6-4-7/h3-6H,2H2,1H3,(H3,13,14,15,16). The highest BCUT2D eigenvalue weighted by Crippen LogP contribution is 2.33. The molecule has 1 amide bonds. The summed E-state index contributed by atoms with van der Waals surface area (Å²) in [5, 5.41) is 2.55. The van der Waals surface area contributed by atoms with Crippen molar-refractivity contribution in [1.29, 1.82) is 0 Å². The Labute approximate surface area is 102 Å². The Bertz CT molecular complexity index is 455. The van der Waals surface area contributed by atoms with Crippen LogP contribution in [0, 0.1) is 0 Å². The molecule has 0 bridgehead atoms. The van der Waals surface area contributed by atoms with Crippen molar-refractivity contribution >= 4 is 27.8 Å². The maximum Gasteiger partial charge on any atom is 0.259 e. The topological polar surface area (TPSA) is 67.5 Å². The van der Waals surface area contributed by atoms with Gasteiger partial charge in [0.1, 0.15) is 0 Å². The Kier molecular flexibility index (Phi) is 2.71. The van der Waals surface area contributed by atoms with Gasteiger partial charge in [-0.25, -0.2) is 4.99 Å². The fourth-order valence-corrected chi connectivity index (χ4v) is 2.13.